The van der Waals surface area contributed by atoms with Gasteiger partial charge in [0.2, 0.25) is 0 Å². The molecule has 5 heteroatoms. The van der Waals surface area contributed by atoms with E-state index >= 15 is 0 Å². The zero-order chi connectivity index (χ0) is 15.9. The van der Waals surface area contributed by atoms with Crippen LogP contribution in [0.5, 0.6) is 0 Å². The standard InChI is InChI=1S/C17H25N3O2/c1-12(2)18-16(21)13-8-10-15(11-9-13)20-17(22)19-14-6-4-3-5-7-14/h8-12,14H,3-7H2,1-2H3,(H,18,21)(H2,19,20,22). The highest BCUT2D eigenvalue weighted by Crippen LogP contribution is 2.17. The number of urea groups is 1. The number of amides is 3. The SMILES string of the molecule is CC(C)NC(=O)c1ccc(NC(=O)NC2CCCCC2)cc1. The summed E-state index contributed by atoms with van der Waals surface area (Å²) >= 11 is 0. The predicted octanol–water partition coefficient (Wildman–Crippen LogP) is 3.28. The van der Waals surface area contributed by atoms with E-state index in [1.54, 1.807) is 24.3 Å². The van der Waals surface area contributed by atoms with Gasteiger partial charge in [-0.05, 0) is 51.0 Å². The summed E-state index contributed by atoms with van der Waals surface area (Å²) in [4.78, 5) is 23.8. The van der Waals surface area contributed by atoms with Gasteiger partial charge in [0.1, 0.15) is 0 Å². The van der Waals surface area contributed by atoms with E-state index < -0.39 is 0 Å². The highest BCUT2D eigenvalue weighted by atomic mass is 16.2. The van der Waals surface area contributed by atoms with Crippen molar-refractivity contribution in [2.24, 2.45) is 0 Å². The molecule has 0 aliphatic heterocycles. The van der Waals surface area contributed by atoms with Gasteiger partial charge in [0.25, 0.3) is 5.91 Å². The van der Waals surface area contributed by atoms with E-state index in [0.29, 0.717) is 11.3 Å². The Morgan fingerprint density at radius 2 is 1.68 bits per heavy atom. The van der Waals surface area contributed by atoms with Crippen LogP contribution in [0.3, 0.4) is 0 Å². The normalized spacial score (nSPS) is 15.4. The number of hydrogen-bond acceptors (Lipinski definition) is 2. The maximum atomic E-state index is 11.9. The van der Waals surface area contributed by atoms with Gasteiger partial charge in [-0.3, -0.25) is 4.79 Å². The summed E-state index contributed by atoms with van der Waals surface area (Å²) in [6, 6.07) is 7.13. The van der Waals surface area contributed by atoms with Gasteiger partial charge in [-0.2, -0.15) is 0 Å². The first-order valence-corrected chi connectivity index (χ1v) is 8.03. The molecule has 0 aromatic heterocycles. The van der Waals surface area contributed by atoms with Crippen LogP contribution in [-0.2, 0) is 0 Å². The molecule has 1 aromatic rings. The molecule has 3 amide bonds. The van der Waals surface area contributed by atoms with E-state index in [1.807, 2.05) is 13.8 Å². The van der Waals surface area contributed by atoms with Crippen molar-refractivity contribution in [1.29, 1.82) is 0 Å². The second-order valence-corrected chi connectivity index (χ2v) is 6.14. The Morgan fingerprint density at radius 1 is 1.05 bits per heavy atom. The van der Waals surface area contributed by atoms with Crippen molar-refractivity contribution >= 4 is 17.6 Å². The number of rotatable bonds is 4. The van der Waals surface area contributed by atoms with E-state index in [4.69, 9.17) is 0 Å². The molecule has 3 N–H and O–H groups in total. The maximum Gasteiger partial charge on any atom is 0.319 e. The Labute approximate surface area is 131 Å². The van der Waals surface area contributed by atoms with E-state index in [1.165, 1.54) is 19.3 Å². The molecule has 1 saturated carbocycles. The minimum atomic E-state index is -0.175. The first kappa shape index (κ1) is 16.3. The van der Waals surface area contributed by atoms with E-state index in [2.05, 4.69) is 16.0 Å². The molecule has 0 heterocycles. The third-order valence-corrected chi connectivity index (χ3v) is 3.77. The zero-order valence-corrected chi connectivity index (χ0v) is 13.3. The lowest BCUT2D eigenvalue weighted by Crippen LogP contribution is -2.39. The topological polar surface area (TPSA) is 70.2 Å². The molecule has 0 atom stereocenters. The summed E-state index contributed by atoms with van der Waals surface area (Å²) in [5.74, 6) is -0.104. The van der Waals surface area contributed by atoms with Crippen LogP contribution in [0.25, 0.3) is 0 Å². The minimum absolute atomic E-state index is 0.103. The number of benzene rings is 1. The Balaban J connectivity index is 1.85. The molecule has 120 valence electrons. The molecule has 5 nitrogen and oxygen atoms in total. The van der Waals surface area contributed by atoms with Crippen molar-refractivity contribution in [2.75, 3.05) is 5.32 Å². The van der Waals surface area contributed by atoms with Gasteiger partial charge >= 0.3 is 6.03 Å². The molecule has 0 radical (unpaired) electrons. The Kier molecular flexibility index (Phi) is 5.81. The van der Waals surface area contributed by atoms with Crippen molar-refractivity contribution in [3.63, 3.8) is 0 Å². The van der Waals surface area contributed by atoms with Gasteiger partial charge in [0, 0.05) is 23.3 Å². The van der Waals surface area contributed by atoms with Crippen LogP contribution in [-0.4, -0.2) is 24.0 Å². The molecular formula is C17H25N3O2. The van der Waals surface area contributed by atoms with Crippen LogP contribution in [0, 0.1) is 0 Å². The fourth-order valence-corrected chi connectivity index (χ4v) is 2.65. The van der Waals surface area contributed by atoms with Crippen LogP contribution in [0.15, 0.2) is 24.3 Å². The van der Waals surface area contributed by atoms with Gasteiger partial charge in [-0.1, -0.05) is 19.3 Å². The number of nitrogens with one attached hydrogen (secondary N) is 3. The van der Waals surface area contributed by atoms with Gasteiger partial charge < -0.3 is 16.0 Å². The molecule has 22 heavy (non-hydrogen) atoms. The van der Waals surface area contributed by atoms with Crippen molar-refractivity contribution in [1.82, 2.24) is 10.6 Å². The van der Waals surface area contributed by atoms with Crippen molar-refractivity contribution < 1.29 is 9.59 Å². The maximum absolute atomic E-state index is 11.9. The largest absolute Gasteiger partial charge is 0.350 e. The summed E-state index contributed by atoms with van der Waals surface area (Å²) < 4.78 is 0. The summed E-state index contributed by atoms with van der Waals surface area (Å²) in [6.45, 7) is 3.84. The molecule has 0 unspecified atom stereocenters. The summed E-state index contributed by atoms with van der Waals surface area (Å²) in [6.07, 6.45) is 5.75. The Hall–Kier alpha value is -2.04. The highest BCUT2D eigenvalue weighted by Gasteiger charge is 2.15. The number of carbonyl (C=O) groups excluding carboxylic acids is 2. The third-order valence-electron chi connectivity index (χ3n) is 3.77. The monoisotopic (exact) mass is 303 g/mol. The molecule has 2 rings (SSSR count). The smallest absolute Gasteiger partial charge is 0.319 e. The van der Waals surface area contributed by atoms with Gasteiger partial charge in [0.15, 0.2) is 0 Å². The summed E-state index contributed by atoms with van der Waals surface area (Å²) in [7, 11) is 0. The van der Waals surface area contributed by atoms with Crippen molar-refractivity contribution in [3.8, 4) is 0 Å². The fourth-order valence-electron chi connectivity index (χ4n) is 2.65. The van der Waals surface area contributed by atoms with Crippen molar-refractivity contribution in [2.45, 2.75) is 58.0 Å². The lowest BCUT2D eigenvalue weighted by molar-refractivity contribution is 0.0943. The van der Waals surface area contributed by atoms with Crippen LogP contribution in [0.2, 0.25) is 0 Å². The van der Waals surface area contributed by atoms with Crippen LogP contribution >= 0.6 is 0 Å². The predicted molar refractivity (Wildman–Crippen MR) is 88.1 cm³/mol. The quantitative estimate of drug-likeness (QED) is 0.799. The Bertz CT molecular complexity index is 505. The molecule has 0 spiro atoms. The minimum Gasteiger partial charge on any atom is -0.350 e. The summed E-state index contributed by atoms with van der Waals surface area (Å²) in [5.41, 5.74) is 1.28. The molecule has 0 bridgehead atoms. The lowest BCUT2D eigenvalue weighted by Gasteiger charge is -2.22. The second kappa shape index (κ2) is 7.82. The van der Waals surface area contributed by atoms with Gasteiger partial charge in [-0.15, -0.1) is 0 Å². The second-order valence-electron chi connectivity index (χ2n) is 6.14. The van der Waals surface area contributed by atoms with E-state index in [-0.39, 0.29) is 24.0 Å². The van der Waals surface area contributed by atoms with Gasteiger partial charge in [-0.25, -0.2) is 4.79 Å². The summed E-state index contributed by atoms with van der Waals surface area (Å²) in [5, 5.41) is 8.65. The first-order valence-electron chi connectivity index (χ1n) is 8.03. The van der Waals surface area contributed by atoms with Crippen LogP contribution in [0.1, 0.15) is 56.3 Å². The lowest BCUT2D eigenvalue weighted by atomic mass is 9.96. The average molecular weight is 303 g/mol. The molecule has 0 saturated heterocycles. The van der Waals surface area contributed by atoms with E-state index in [9.17, 15) is 9.59 Å². The number of carbonyl (C=O) groups is 2. The fraction of sp³-hybridized carbons (Fsp3) is 0.529. The molecule has 1 aromatic carbocycles. The third kappa shape index (κ3) is 5.06. The highest BCUT2D eigenvalue weighted by molar-refractivity contribution is 5.95. The number of hydrogen-bond donors (Lipinski definition) is 3. The molecule has 1 aliphatic rings. The molecular weight excluding hydrogens is 278 g/mol. The van der Waals surface area contributed by atoms with Crippen molar-refractivity contribution in [3.05, 3.63) is 29.8 Å². The Morgan fingerprint density at radius 3 is 2.27 bits per heavy atom. The van der Waals surface area contributed by atoms with Crippen LogP contribution in [0.4, 0.5) is 10.5 Å². The van der Waals surface area contributed by atoms with Crippen LogP contribution < -0.4 is 16.0 Å². The average Bonchev–Trinajstić information content (AvgIpc) is 2.48. The van der Waals surface area contributed by atoms with E-state index in [0.717, 1.165) is 12.8 Å². The zero-order valence-electron chi connectivity index (χ0n) is 13.3. The number of anilines is 1. The molecule has 1 fully saturated rings. The first-order chi connectivity index (χ1) is 10.5. The molecule has 1 aliphatic carbocycles. The van der Waals surface area contributed by atoms with Gasteiger partial charge in [0.05, 0.1) is 0 Å².